The van der Waals surface area contributed by atoms with Crippen LogP contribution in [0.25, 0.3) is 0 Å². The molecule has 1 N–H and O–H groups in total. The number of hydrogen-bond acceptors (Lipinski definition) is 4. The third-order valence-electron chi connectivity index (χ3n) is 1.11. The average molecular weight is 173 g/mol. The van der Waals surface area contributed by atoms with Crippen molar-refractivity contribution in [3.05, 3.63) is 11.1 Å². The Kier molecular flexibility index (Phi) is 2.82. The first-order valence-electron chi connectivity index (χ1n) is 3.47. The van der Waals surface area contributed by atoms with E-state index in [0.717, 1.165) is 5.88 Å². The smallest absolute Gasteiger partial charge is 0.355 e. The molecule has 0 amide bonds. The second-order valence-corrected chi connectivity index (χ2v) is 3.33. The van der Waals surface area contributed by atoms with Gasteiger partial charge in [-0.2, -0.15) is 0 Å². The van der Waals surface area contributed by atoms with Gasteiger partial charge in [-0.1, -0.05) is 0 Å². The van der Waals surface area contributed by atoms with Gasteiger partial charge in [-0.3, -0.25) is 0 Å². The molecular weight excluding hydrogens is 162 g/mol. The lowest BCUT2D eigenvalue weighted by molar-refractivity contribution is -0.142. The molecule has 0 spiro atoms. The number of thioether (sulfide) groups is 1. The largest absolute Gasteiger partial charge is 0.458 e. The molecule has 0 saturated heterocycles. The highest BCUT2D eigenvalue weighted by atomic mass is 32.2. The first kappa shape index (κ1) is 8.46. The molecule has 0 atom stereocenters. The molecule has 0 aliphatic carbocycles. The van der Waals surface area contributed by atoms with Crippen molar-refractivity contribution in [1.29, 1.82) is 0 Å². The van der Waals surface area contributed by atoms with Crippen LogP contribution in [-0.4, -0.2) is 18.0 Å². The molecule has 0 saturated carbocycles. The van der Waals surface area contributed by atoms with E-state index in [2.05, 4.69) is 5.32 Å². The minimum atomic E-state index is -0.259. The number of esters is 1. The summed E-state index contributed by atoms with van der Waals surface area (Å²) in [6.07, 6.45) is -0.0456. The highest BCUT2D eigenvalue weighted by Crippen LogP contribution is 2.13. The van der Waals surface area contributed by atoms with E-state index in [-0.39, 0.29) is 12.1 Å². The van der Waals surface area contributed by atoms with Crippen molar-refractivity contribution in [2.75, 3.05) is 5.88 Å². The van der Waals surface area contributed by atoms with Gasteiger partial charge in [-0.15, -0.1) is 11.8 Å². The summed E-state index contributed by atoms with van der Waals surface area (Å²) in [7, 11) is 0. The minimum Gasteiger partial charge on any atom is -0.458 e. The molecule has 11 heavy (non-hydrogen) atoms. The van der Waals surface area contributed by atoms with Gasteiger partial charge in [0.25, 0.3) is 0 Å². The Balaban J connectivity index is 2.41. The topological polar surface area (TPSA) is 38.3 Å². The standard InChI is InChI=1S/C7H11NO2S/c1-5(2)10-7(9)6-3-11-4-8-6/h3,5,8H,4H2,1-2H3. The molecular formula is C7H11NO2S. The Bertz CT molecular complexity index is 189. The third-order valence-corrected chi connectivity index (χ3v) is 1.82. The van der Waals surface area contributed by atoms with Gasteiger partial charge >= 0.3 is 5.97 Å². The molecule has 1 aliphatic rings. The Hall–Kier alpha value is -0.640. The van der Waals surface area contributed by atoms with Crippen LogP contribution in [0, 0.1) is 0 Å². The number of nitrogens with one attached hydrogen (secondary N) is 1. The molecule has 1 heterocycles. The van der Waals surface area contributed by atoms with E-state index in [0.29, 0.717) is 5.70 Å². The van der Waals surface area contributed by atoms with Crippen LogP contribution < -0.4 is 5.32 Å². The summed E-state index contributed by atoms with van der Waals surface area (Å²) in [6.45, 7) is 3.67. The van der Waals surface area contributed by atoms with Gasteiger partial charge in [0.15, 0.2) is 0 Å². The van der Waals surface area contributed by atoms with Crippen LogP contribution in [0.5, 0.6) is 0 Å². The van der Waals surface area contributed by atoms with E-state index in [1.807, 2.05) is 13.8 Å². The van der Waals surface area contributed by atoms with Crippen molar-refractivity contribution >= 4 is 17.7 Å². The zero-order valence-corrected chi connectivity index (χ0v) is 7.40. The van der Waals surface area contributed by atoms with Crippen LogP contribution in [0.3, 0.4) is 0 Å². The zero-order valence-electron chi connectivity index (χ0n) is 6.59. The van der Waals surface area contributed by atoms with E-state index in [4.69, 9.17) is 4.74 Å². The normalized spacial score (nSPS) is 16.1. The summed E-state index contributed by atoms with van der Waals surface area (Å²) in [4.78, 5) is 11.1. The Morgan fingerprint density at radius 3 is 3.00 bits per heavy atom. The maximum absolute atomic E-state index is 11.1. The number of rotatable bonds is 2. The van der Waals surface area contributed by atoms with E-state index >= 15 is 0 Å². The molecule has 0 aromatic carbocycles. The number of carbonyl (C=O) groups is 1. The first-order valence-corrected chi connectivity index (χ1v) is 4.51. The van der Waals surface area contributed by atoms with Crippen LogP contribution >= 0.6 is 11.8 Å². The molecule has 0 bridgehead atoms. The summed E-state index contributed by atoms with van der Waals surface area (Å²) in [5.74, 6) is 0.507. The van der Waals surface area contributed by atoms with Gasteiger partial charge in [0, 0.05) is 5.41 Å². The lowest BCUT2D eigenvalue weighted by Gasteiger charge is -2.07. The molecule has 1 aliphatic heterocycles. The van der Waals surface area contributed by atoms with Gasteiger partial charge in [-0.25, -0.2) is 4.79 Å². The number of carbonyl (C=O) groups excluding carboxylic acids is 1. The Labute approximate surface area is 70.2 Å². The minimum absolute atomic E-state index is 0.0456. The lowest BCUT2D eigenvalue weighted by Crippen LogP contribution is -2.20. The monoisotopic (exact) mass is 173 g/mol. The van der Waals surface area contributed by atoms with Gasteiger partial charge in [0.2, 0.25) is 0 Å². The highest BCUT2D eigenvalue weighted by Gasteiger charge is 2.15. The van der Waals surface area contributed by atoms with Gasteiger partial charge in [-0.05, 0) is 13.8 Å². The molecule has 0 aromatic heterocycles. The third kappa shape index (κ3) is 2.46. The molecule has 4 heteroatoms. The molecule has 0 aromatic rings. The average Bonchev–Trinajstić information content (AvgIpc) is 2.35. The van der Waals surface area contributed by atoms with E-state index in [1.54, 1.807) is 17.2 Å². The molecule has 62 valence electrons. The SMILES string of the molecule is CC(C)OC(=O)C1=CSCN1. The second kappa shape index (κ2) is 3.67. The molecule has 1 rings (SSSR count). The van der Waals surface area contributed by atoms with Crippen molar-refractivity contribution in [2.45, 2.75) is 20.0 Å². The van der Waals surface area contributed by atoms with Crippen LogP contribution in [0.4, 0.5) is 0 Å². The maximum Gasteiger partial charge on any atom is 0.355 e. The first-order chi connectivity index (χ1) is 5.20. The van der Waals surface area contributed by atoms with Crippen LogP contribution in [0.15, 0.2) is 11.1 Å². The van der Waals surface area contributed by atoms with E-state index < -0.39 is 0 Å². The zero-order chi connectivity index (χ0) is 8.27. The highest BCUT2D eigenvalue weighted by molar-refractivity contribution is 8.02. The second-order valence-electron chi connectivity index (χ2n) is 2.47. The fourth-order valence-corrected chi connectivity index (χ4v) is 1.35. The van der Waals surface area contributed by atoms with Crippen molar-refractivity contribution in [2.24, 2.45) is 0 Å². The summed E-state index contributed by atoms with van der Waals surface area (Å²) in [5, 5.41) is 4.69. The predicted octanol–water partition coefficient (Wildman–Crippen LogP) is 1.07. The van der Waals surface area contributed by atoms with E-state index in [1.165, 1.54) is 0 Å². The van der Waals surface area contributed by atoms with Crippen molar-refractivity contribution in [1.82, 2.24) is 5.32 Å². The molecule has 0 fully saturated rings. The molecule has 0 radical (unpaired) electrons. The van der Waals surface area contributed by atoms with Crippen molar-refractivity contribution in [3.8, 4) is 0 Å². The van der Waals surface area contributed by atoms with Gasteiger partial charge in [0.1, 0.15) is 5.70 Å². The van der Waals surface area contributed by atoms with Crippen LogP contribution in [-0.2, 0) is 9.53 Å². The van der Waals surface area contributed by atoms with Crippen LogP contribution in [0.1, 0.15) is 13.8 Å². The van der Waals surface area contributed by atoms with E-state index in [9.17, 15) is 4.79 Å². The van der Waals surface area contributed by atoms with Crippen LogP contribution in [0.2, 0.25) is 0 Å². The molecule has 3 nitrogen and oxygen atoms in total. The van der Waals surface area contributed by atoms with Crippen molar-refractivity contribution in [3.63, 3.8) is 0 Å². The quantitative estimate of drug-likeness (QED) is 0.634. The summed E-state index contributed by atoms with van der Waals surface area (Å²) in [6, 6.07) is 0. The maximum atomic E-state index is 11.1. The van der Waals surface area contributed by atoms with Gasteiger partial charge in [0.05, 0.1) is 12.0 Å². The lowest BCUT2D eigenvalue weighted by atomic mass is 10.4. The summed E-state index contributed by atoms with van der Waals surface area (Å²) in [5.41, 5.74) is 0.573. The fourth-order valence-electron chi connectivity index (χ4n) is 0.684. The molecule has 0 unspecified atom stereocenters. The predicted molar refractivity (Wildman–Crippen MR) is 44.9 cm³/mol. The Morgan fingerprint density at radius 2 is 2.55 bits per heavy atom. The fraction of sp³-hybridized carbons (Fsp3) is 0.571. The number of hydrogen-bond donors (Lipinski definition) is 1. The van der Waals surface area contributed by atoms with Gasteiger partial charge < -0.3 is 10.1 Å². The summed E-state index contributed by atoms with van der Waals surface area (Å²) >= 11 is 1.56. The number of ether oxygens (including phenoxy) is 1. The summed E-state index contributed by atoms with van der Waals surface area (Å²) < 4.78 is 4.95. The Morgan fingerprint density at radius 1 is 1.82 bits per heavy atom. The van der Waals surface area contributed by atoms with Crippen molar-refractivity contribution < 1.29 is 9.53 Å².